The average Bonchev–Trinajstić information content (AvgIpc) is 3.46. The molecule has 0 radical (unpaired) electrons. The second-order valence-electron chi connectivity index (χ2n) is 11.8. The normalized spacial score (nSPS) is 24.8. The lowest BCUT2D eigenvalue weighted by atomic mass is 9.96. The number of methoxy groups -OCH3 is 3. The maximum atomic E-state index is 14.3. The van der Waals surface area contributed by atoms with Gasteiger partial charge >= 0.3 is 19.6 Å². The zero-order valence-electron chi connectivity index (χ0n) is 26.6. The van der Waals surface area contributed by atoms with Crippen LogP contribution in [0.25, 0.3) is 11.2 Å². The van der Waals surface area contributed by atoms with Crippen molar-refractivity contribution in [1.29, 1.82) is 0 Å². The number of nitrogens with zero attached hydrogens (tertiary/aromatic N) is 4. The van der Waals surface area contributed by atoms with E-state index >= 15 is 0 Å². The quantitative estimate of drug-likeness (QED) is 0.161. The molecule has 1 fully saturated rings. The molecule has 0 aliphatic carbocycles. The molecule has 2 aromatic heterocycles. The highest BCUT2D eigenvalue weighted by Crippen LogP contribution is 2.45. The van der Waals surface area contributed by atoms with Gasteiger partial charge in [-0.3, -0.25) is 18.7 Å². The van der Waals surface area contributed by atoms with Crippen LogP contribution in [0.4, 0.5) is 0 Å². The molecule has 1 aliphatic rings. The number of esters is 2. The first kappa shape index (κ1) is 35.8. The number of carbonyl (C=O) groups is 2. The Morgan fingerprint density at radius 1 is 1.07 bits per heavy atom. The first-order chi connectivity index (χ1) is 20.6. The van der Waals surface area contributed by atoms with E-state index in [9.17, 15) is 24.4 Å². The van der Waals surface area contributed by atoms with E-state index in [-0.39, 0.29) is 30.6 Å². The largest absolute Gasteiger partial charge is 0.479 e. The van der Waals surface area contributed by atoms with E-state index < -0.39 is 62.3 Å². The molecule has 0 bridgehead atoms. The molecule has 44 heavy (non-hydrogen) atoms. The summed E-state index contributed by atoms with van der Waals surface area (Å²) in [5.41, 5.74) is -1.26. The molecule has 0 spiro atoms. The summed E-state index contributed by atoms with van der Waals surface area (Å²) in [7, 11) is -0.408. The van der Waals surface area contributed by atoms with Crippen molar-refractivity contribution < 1.29 is 47.8 Å². The number of aromatic nitrogens is 4. The maximum absolute atomic E-state index is 14.3. The van der Waals surface area contributed by atoms with Gasteiger partial charge in [0.25, 0.3) is 0 Å². The predicted octanol–water partition coefficient (Wildman–Crippen LogP) is 1.63. The Labute approximate surface area is 256 Å². The minimum absolute atomic E-state index is 0.000894. The highest BCUT2D eigenvalue weighted by molar-refractivity contribution is 7.54. The third kappa shape index (κ3) is 8.10. The molecule has 17 heteroatoms. The first-order valence-corrected chi connectivity index (χ1v) is 16.0. The van der Waals surface area contributed by atoms with Gasteiger partial charge in [-0.2, -0.15) is 4.98 Å². The van der Waals surface area contributed by atoms with Crippen molar-refractivity contribution in [2.45, 2.75) is 90.5 Å². The molecule has 3 unspecified atom stereocenters. The fourth-order valence-corrected chi connectivity index (χ4v) is 6.84. The Morgan fingerprint density at radius 3 is 2.09 bits per heavy atom. The van der Waals surface area contributed by atoms with Crippen LogP contribution in [0.3, 0.4) is 0 Å². The van der Waals surface area contributed by atoms with E-state index in [0.717, 1.165) is 0 Å². The second kappa shape index (κ2) is 14.6. The Morgan fingerprint density at radius 2 is 1.61 bits per heavy atom. The number of aliphatic hydroxyl groups excluding tert-OH is 1. The lowest BCUT2D eigenvalue weighted by Crippen LogP contribution is -2.46. The van der Waals surface area contributed by atoms with Crippen LogP contribution in [-0.4, -0.2) is 99.5 Å². The van der Waals surface area contributed by atoms with E-state index in [4.69, 9.17) is 23.5 Å². The van der Waals surface area contributed by atoms with E-state index in [0.29, 0.717) is 17.0 Å². The number of imidazole rings is 1. The highest BCUT2D eigenvalue weighted by Gasteiger charge is 2.54. The van der Waals surface area contributed by atoms with E-state index in [1.165, 1.54) is 39.1 Å². The third-order valence-electron chi connectivity index (χ3n) is 7.16. The predicted molar refractivity (Wildman–Crippen MR) is 158 cm³/mol. The number of aliphatic hydroxyl groups is 2. The number of fused-ring (bicyclic) bond motifs is 1. The molecule has 3 rings (SSSR count). The standard InChI is InChI=1S/C27H45N6O10P/c1-14(2)10-17(24(35)40-8)31-44(38,32-18(11-15(3)4)25(36)41-9)42-12-19-21(34)27(6,37)26(43-19)33-13-28-20-22(33)29-16(5)30-23(20)39-7/h13-15,17-19,21,26,34,37H,10-12H2,1-9H3,(H2,31,32,38)/t17?,18?,19-,21+,26-,27?,44?/m1/s1. The van der Waals surface area contributed by atoms with E-state index in [1.54, 1.807) is 6.92 Å². The number of hydrogen-bond acceptors (Lipinski definition) is 13. The summed E-state index contributed by atoms with van der Waals surface area (Å²) in [6.45, 7) is 10.0. The Kier molecular flexibility index (Phi) is 11.9. The van der Waals surface area contributed by atoms with Crippen LogP contribution >= 0.6 is 7.67 Å². The molecule has 16 nitrogen and oxygen atoms in total. The Balaban J connectivity index is 1.93. The van der Waals surface area contributed by atoms with Crippen molar-refractivity contribution in [3.63, 3.8) is 0 Å². The number of aryl methyl sites for hydroxylation is 1. The molecule has 1 saturated heterocycles. The smallest absolute Gasteiger partial charge is 0.342 e. The number of rotatable bonds is 15. The number of hydrogen-bond donors (Lipinski definition) is 4. The summed E-state index contributed by atoms with van der Waals surface area (Å²) in [4.78, 5) is 38.2. The maximum Gasteiger partial charge on any atom is 0.342 e. The Hall–Kier alpha value is -2.72. The lowest BCUT2D eigenvalue weighted by Gasteiger charge is -2.30. The van der Waals surface area contributed by atoms with Crippen LogP contribution in [0.5, 0.6) is 5.88 Å². The molecule has 1 aliphatic heterocycles. The van der Waals surface area contributed by atoms with Crippen molar-refractivity contribution in [3.05, 3.63) is 12.2 Å². The number of nitrogens with one attached hydrogen (secondary N) is 2. The molecule has 3 heterocycles. The molecule has 248 valence electrons. The summed E-state index contributed by atoms with van der Waals surface area (Å²) in [6.07, 6.45) is -2.06. The van der Waals surface area contributed by atoms with Gasteiger partial charge in [0.15, 0.2) is 17.4 Å². The number of carbonyl (C=O) groups excluding carboxylic acids is 2. The minimum Gasteiger partial charge on any atom is -0.479 e. The molecule has 0 saturated carbocycles. The number of ether oxygens (including phenoxy) is 4. The van der Waals surface area contributed by atoms with Crippen molar-refractivity contribution in [1.82, 2.24) is 29.7 Å². The second-order valence-corrected chi connectivity index (χ2v) is 13.7. The fraction of sp³-hybridized carbons (Fsp3) is 0.741. The summed E-state index contributed by atoms with van der Waals surface area (Å²) >= 11 is 0. The fourth-order valence-electron chi connectivity index (χ4n) is 5.02. The van der Waals surface area contributed by atoms with Gasteiger partial charge in [-0.05, 0) is 38.5 Å². The third-order valence-corrected chi connectivity index (χ3v) is 8.98. The van der Waals surface area contributed by atoms with Crippen LogP contribution in [0.15, 0.2) is 6.33 Å². The van der Waals surface area contributed by atoms with Crippen molar-refractivity contribution in [3.8, 4) is 5.88 Å². The first-order valence-electron chi connectivity index (χ1n) is 14.3. The van der Waals surface area contributed by atoms with Gasteiger partial charge < -0.3 is 33.7 Å². The molecule has 4 N–H and O–H groups in total. The van der Waals surface area contributed by atoms with Crippen LogP contribution < -0.4 is 14.9 Å². The van der Waals surface area contributed by atoms with Gasteiger partial charge in [-0.25, -0.2) is 20.1 Å². The van der Waals surface area contributed by atoms with Crippen molar-refractivity contribution in [2.75, 3.05) is 27.9 Å². The SMILES string of the molecule is COC(=O)C(CC(C)C)NP(=O)(NC(CC(C)C)C(=O)OC)OC[C@H]1O[C@@H](n2cnc3c(OC)nc(C)nc32)C(C)(O)[C@H]1O. The van der Waals surface area contributed by atoms with E-state index in [2.05, 4.69) is 25.1 Å². The van der Waals surface area contributed by atoms with E-state index in [1.807, 2.05) is 27.7 Å². The van der Waals surface area contributed by atoms with Gasteiger partial charge in [0.1, 0.15) is 35.7 Å². The highest BCUT2D eigenvalue weighted by atomic mass is 31.2. The van der Waals surface area contributed by atoms with Crippen LogP contribution in [0.1, 0.15) is 59.5 Å². The van der Waals surface area contributed by atoms with Gasteiger partial charge in [-0.1, -0.05) is 27.7 Å². The molecule has 2 aromatic rings. The zero-order valence-corrected chi connectivity index (χ0v) is 27.5. The molecular weight excluding hydrogens is 599 g/mol. The Bertz CT molecular complexity index is 1320. The van der Waals surface area contributed by atoms with Crippen molar-refractivity contribution in [2.24, 2.45) is 11.8 Å². The van der Waals surface area contributed by atoms with Gasteiger partial charge in [-0.15, -0.1) is 0 Å². The van der Waals surface area contributed by atoms with Gasteiger partial charge in [0.05, 0.1) is 34.3 Å². The molecule has 0 aromatic carbocycles. The van der Waals surface area contributed by atoms with Gasteiger partial charge in [0.2, 0.25) is 5.88 Å². The molecule has 0 amide bonds. The van der Waals surface area contributed by atoms with Gasteiger partial charge in [0, 0.05) is 0 Å². The summed E-state index contributed by atoms with van der Waals surface area (Å²) in [5, 5.41) is 28.0. The monoisotopic (exact) mass is 644 g/mol. The zero-order chi connectivity index (χ0) is 33.0. The molecule has 6 atom stereocenters. The summed E-state index contributed by atoms with van der Waals surface area (Å²) < 4.78 is 42.8. The summed E-state index contributed by atoms with van der Waals surface area (Å²) in [5.74, 6) is -0.746. The van der Waals surface area contributed by atoms with Crippen LogP contribution in [0, 0.1) is 18.8 Å². The topological polar surface area (TPSA) is 205 Å². The van der Waals surface area contributed by atoms with Crippen molar-refractivity contribution >= 4 is 30.8 Å². The molecular formula is C27H45N6O10P. The minimum atomic E-state index is -4.27. The average molecular weight is 645 g/mol. The van der Waals surface area contributed by atoms with Crippen LogP contribution in [-0.2, 0) is 32.9 Å². The lowest BCUT2D eigenvalue weighted by molar-refractivity contribution is -0.143. The summed E-state index contributed by atoms with van der Waals surface area (Å²) in [6, 6.07) is -2.12. The van der Waals surface area contributed by atoms with Crippen LogP contribution in [0.2, 0.25) is 0 Å².